The Hall–Kier alpha value is -1.78. The van der Waals surface area contributed by atoms with E-state index in [2.05, 4.69) is 20.0 Å². The number of fused-ring (bicyclic) bond motifs is 1. The summed E-state index contributed by atoms with van der Waals surface area (Å²) in [6.45, 7) is 0. The first kappa shape index (κ1) is 14.2. The summed E-state index contributed by atoms with van der Waals surface area (Å²) in [5.41, 5.74) is 9.53. The van der Waals surface area contributed by atoms with Gasteiger partial charge in [0.25, 0.3) is 0 Å². The van der Waals surface area contributed by atoms with Crippen molar-refractivity contribution < 1.29 is 13.2 Å². The highest BCUT2D eigenvalue weighted by molar-refractivity contribution is 8.16. The van der Waals surface area contributed by atoms with Crippen LogP contribution in [0, 0.1) is 0 Å². The number of alkyl halides is 3. The number of nitrogens with zero attached hydrogens (tertiary/aromatic N) is 4. The number of rotatable bonds is 1. The van der Waals surface area contributed by atoms with Gasteiger partial charge in [0.1, 0.15) is 22.8 Å². The van der Waals surface area contributed by atoms with E-state index in [-0.39, 0.29) is 5.56 Å². The molecule has 0 radical (unpaired) electrons. The Morgan fingerprint density at radius 3 is 2.67 bits per heavy atom. The topological polar surface area (TPSA) is 102 Å². The summed E-state index contributed by atoms with van der Waals surface area (Å²) in [4.78, 5) is 15.6. The zero-order valence-electron chi connectivity index (χ0n) is 10.4. The molecule has 2 aliphatic heterocycles. The third-order valence-electron chi connectivity index (χ3n) is 2.98. The van der Waals surface area contributed by atoms with Gasteiger partial charge in [-0.15, -0.1) is 0 Å². The number of aromatic nitrogens is 1. The fraction of sp³-hybridized carbons (Fsp3) is 0.273. The van der Waals surface area contributed by atoms with Gasteiger partial charge in [-0.2, -0.15) is 13.2 Å². The number of pyridine rings is 1. The maximum absolute atomic E-state index is 12.5. The van der Waals surface area contributed by atoms with Crippen LogP contribution in [0.1, 0.15) is 11.3 Å². The van der Waals surface area contributed by atoms with Crippen molar-refractivity contribution in [3.63, 3.8) is 0 Å². The lowest BCUT2D eigenvalue weighted by molar-refractivity contribution is -0.141. The molecule has 6 nitrogen and oxygen atoms in total. The zero-order valence-corrected chi connectivity index (χ0v) is 11.2. The summed E-state index contributed by atoms with van der Waals surface area (Å²) in [5.74, 6) is 0. The van der Waals surface area contributed by atoms with E-state index in [1.165, 1.54) is 24.2 Å². The van der Waals surface area contributed by atoms with Gasteiger partial charge < -0.3 is 5.73 Å². The molecular weight excluding hydrogens is 305 g/mol. The van der Waals surface area contributed by atoms with E-state index in [0.29, 0.717) is 10.8 Å². The van der Waals surface area contributed by atoms with Crippen molar-refractivity contribution in [2.75, 3.05) is 0 Å². The van der Waals surface area contributed by atoms with Crippen LogP contribution in [0.15, 0.2) is 33.3 Å². The third kappa shape index (κ3) is 2.34. The van der Waals surface area contributed by atoms with Crippen LogP contribution in [0.5, 0.6) is 0 Å². The molecule has 0 saturated carbocycles. The van der Waals surface area contributed by atoms with E-state index >= 15 is 0 Å². The van der Waals surface area contributed by atoms with Crippen molar-refractivity contribution in [2.45, 2.75) is 17.3 Å². The van der Waals surface area contributed by atoms with E-state index < -0.39 is 23.0 Å². The molecule has 0 aromatic carbocycles. The Labute approximate surface area is 121 Å². The van der Waals surface area contributed by atoms with Crippen LogP contribution in [0.4, 0.5) is 13.2 Å². The molecule has 1 aromatic heterocycles. The molecule has 4 N–H and O–H groups in total. The number of halogens is 3. The summed E-state index contributed by atoms with van der Waals surface area (Å²) < 4.78 is 37.6. The molecule has 2 aliphatic rings. The Bertz CT molecular complexity index is 666. The predicted molar refractivity (Wildman–Crippen MR) is 74.0 cm³/mol. The number of nitrogens with two attached hydrogens (primary N) is 2. The highest BCUT2D eigenvalue weighted by Gasteiger charge is 2.42. The molecule has 1 aromatic rings. The molecule has 21 heavy (non-hydrogen) atoms. The highest BCUT2D eigenvalue weighted by atomic mass is 32.2. The van der Waals surface area contributed by atoms with Crippen molar-refractivity contribution in [1.29, 1.82) is 0 Å². The van der Waals surface area contributed by atoms with E-state index in [9.17, 15) is 13.2 Å². The Morgan fingerprint density at radius 1 is 1.29 bits per heavy atom. The first-order valence-corrected chi connectivity index (χ1v) is 6.64. The molecule has 3 rings (SSSR count). The summed E-state index contributed by atoms with van der Waals surface area (Å²) >= 11 is 1.21. The van der Waals surface area contributed by atoms with Gasteiger partial charge >= 0.3 is 6.18 Å². The van der Waals surface area contributed by atoms with Gasteiger partial charge in [0.05, 0.1) is 0 Å². The SMILES string of the molecule is NC1N=C2C(=NC=NC2(N)c2ccc(C(F)(F)F)nc2)S1. The Balaban J connectivity index is 2.02. The minimum absolute atomic E-state index is 0.285. The molecule has 0 fully saturated rings. The van der Waals surface area contributed by atoms with E-state index in [1.807, 2.05) is 0 Å². The monoisotopic (exact) mass is 314 g/mol. The Kier molecular flexibility index (Phi) is 3.11. The fourth-order valence-electron chi connectivity index (χ4n) is 1.96. The van der Waals surface area contributed by atoms with Crippen LogP contribution in [-0.4, -0.2) is 27.6 Å². The van der Waals surface area contributed by atoms with Crippen molar-refractivity contribution in [3.05, 3.63) is 29.6 Å². The second kappa shape index (κ2) is 4.61. The van der Waals surface area contributed by atoms with Crippen molar-refractivity contribution in [2.24, 2.45) is 26.4 Å². The van der Waals surface area contributed by atoms with Gasteiger partial charge in [0, 0.05) is 11.8 Å². The second-order valence-electron chi connectivity index (χ2n) is 4.36. The fourth-order valence-corrected chi connectivity index (χ4v) is 2.78. The number of hydrogen-bond acceptors (Lipinski definition) is 7. The molecule has 0 bridgehead atoms. The summed E-state index contributed by atoms with van der Waals surface area (Å²) in [6, 6.07) is 2.08. The van der Waals surface area contributed by atoms with Crippen molar-refractivity contribution >= 4 is 28.9 Å². The maximum Gasteiger partial charge on any atom is 0.433 e. The molecule has 0 amide bonds. The van der Waals surface area contributed by atoms with Gasteiger partial charge in [0.2, 0.25) is 0 Å². The van der Waals surface area contributed by atoms with Crippen molar-refractivity contribution in [3.8, 4) is 0 Å². The molecule has 110 valence electrons. The van der Waals surface area contributed by atoms with Gasteiger partial charge in [-0.1, -0.05) is 17.8 Å². The van der Waals surface area contributed by atoms with Gasteiger partial charge in [-0.3, -0.25) is 15.7 Å². The summed E-state index contributed by atoms with van der Waals surface area (Å²) in [7, 11) is 0. The Morgan fingerprint density at radius 2 is 2.05 bits per heavy atom. The molecule has 2 unspecified atom stereocenters. The van der Waals surface area contributed by atoms with Gasteiger partial charge in [-0.25, -0.2) is 9.98 Å². The minimum Gasteiger partial charge on any atom is -0.301 e. The van der Waals surface area contributed by atoms with Gasteiger partial charge in [0.15, 0.2) is 11.2 Å². The average molecular weight is 314 g/mol. The largest absolute Gasteiger partial charge is 0.433 e. The van der Waals surface area contributed by atoms with E-state index in [4.69, 9.17) is 11.5 Å². The quantitative estimate of drug-likeness (QED) is 0.809. The molecule has 0 aliphatic carbocycles. The van der Waals surface area contributed by atoms with Gasteiger partial charge in [-0.05, 0) is 6.07 Å². The van der Waals surface area contributed by atoms with Crippen LogP contribution in [0.2, 0.25) is 0 Å². The molecule has 0 spiro atoms. The summed E-state index contributed by atoms with van der Waals surface area (Å²) in [6.07, 6.45) is -2.22. The second-order valence-corrected chi connectivity index (χ2v) is 5.47. The standard InChI is InChI=1S/C11H9F3N6S/c12-11(13,14)6-2-1-5(3-17-6)10(16)7-8(18-4-19-10)21-9(15)20-7/h1-4,9H,15-16H2. The first-order valence-electron chi connectivity index (χ1n) is 5.76. The smallest absolute Gasteiger partial charge is 0.301 e. The lowest BCUT2D eigenvalue weighted by Crippen LogP contribution is -2.47. The van der Waals surface area contributed by atoms with E-state index in [0.717, 1.165) is 12.3 Å². The maximum atomic E-state index is 12.5. The predicted octanol–water partition coefficient (Wildman–Crippen LogP) is 1.08. The number of hydrogen-bond donors (Lipinski definition) is 2. The van der Waals surface area contributed by atoms with Crippen LogP contribution in [0.3, 0.4) is 0 Å². The number of aliphatic imine (C=N–C) groups is 3. The lowest BCUT2D eigenvalue weighted by atomic mass is 9.96. The molecule has 0 saturated heterocycles. The number of thioether (sulfide) groups is 1. The normalized spacial score (nSPS) is 28.1. The molecule has 10 heteroatoms. The van der Waals surface area contributed by atoms with Crippen LogP contribution in [-0.2, 0) is 11.8 Å². The summed E-state index contributed by atoms with van der Waals surface area (Å²) in [5, 5.41) is 0.514. The average Bonchev–Trinajstić information content (AvgIpc) is 2.80. The van der Waals surface area contributed by atoms with E-state index in [1.54, 1.807) is 0 Å². The highest BCUT2D eigenvalue weighted by Crippen LogP contribution is 2.34. The third-order valence-corrected chi connectivity index (χ3v) is 3.85. The van der Waals surface area contributed by atoms with Crippen LogP contribution < -0.4 is 11.5 Å². The van der Waals surface area contributed by atoms with Crippen LogP contribution in [0.25, 0.3) is 0 Å². The zero-order chi connectivity index (χ0) is 15.3. The van der Waals surface area contributed by atoms with Crippen molar-refractivity contribution in [1.82, 2.24) is 4.98 Å². The molecular formula is C11H9F3N6S. The first-order chi connectivity index (χ1) is 9.80. The lowest BCUT2D eigenvalue weighted by Gasteiger charge is -2.27. The molecule has 2 atom stereocenters. The van der Waals surface area contributed by atoms with Crippen LogP contribution >= 0.6 is 11.8 Å². The minimum atomic E-state index is -4.51. The molecule has 3 heterocycles.